The summed E-state index contributed by atoms with van der Waals surface area (Å²) in [6, 6.07) is 2.63. The van der Waals surface area contributed by atoms with Gasteiger partial charge in [0.05, 0.1) is 19.0 Å². The van der Waals surface area contributed by atoms with Crippen molar-refractivity contribution in [1.82, 2.24) is 14.8 Å². The fraction of sp³-hybridized carbons (Fsp3) is 0.250. The molecule has 112 valence electrons. The van der Waals surface area contributed by atoms with Crippen LogP contribution >= 0.6 is 0 Å². The minimum absolute atomic E-state index is 0.167. The van der Waals surface area contributed by atoms with Gasteiger partial charge in [-0.15, -0.1) is 0 Å². The Balaban J connectivity index is 2.37. The molecule has 1 N–H and O–H groups in total. The molecule has 0 radical (unpaired) electrons. The Kier molecular flexibility index (Phi) is 3.83. The summed E-state index contributed by atoms with van der Waals surface area (Å²) in [4.78, 5) is 14.8. The van der Waals surface area contributed by atoms with Gasteiger partial charge in [-0.25, -0.2) is 9.78 Å². The monoisotopic (exact) mass is 301 g/mol. The van der Waals surface area contributed by atoms with Crippen LogP contribution in [0, 0.1) is 0 Å². The zero-order valence-corrected chi connectivity index (χ0v) is 10.8. The van der Waals surface area contributed by atoms with Crippen molar-refractivity contribution < 1.29 is 27.8 Å². The number of carboxylic acid groups (broad SMARTS) is 1. The van der Waals surface area contributed by atoms with Crippen molar-refractivity contribution in [1.29, 1.82) is 0 Å². The van der Waals surface area contributed by atoms with Crippen LogP contribution in [0.15, 0.2) is 24.5 Å². The first-order valence-corrected chi connectivity index (χ1v) is 5.67. The molecular weight excluding hydrogens is 291 g/mol. The number of carboxylic acids is 1. The van der Waals surface area contributed by atoms with Crippen molar-refractivity contribution in [3.8, 4) is 17.0 Å². The van der Waals surface area contributed by atoms with Crippen molar-refractivity contribution in [2.75, 3.05) is 7.11 Å². The number of pyridine rings is 1. The van der Waals surface area contributed by atoms with Gasteiger partial charge in [-0.1, -0.05) is 0 Å². The third kappa shape index (κ3) is 3.71. The van der Waals surface area contributed by atoms with Gasteiger partial charge in [0, 0.05) is 23.9 Å². The van der Waals surface area contributed by atoms with E-state index in [-0.39, 0.29) is 22.7 Å². The summed E-state index contributed by atoms with van der Waals surface area (Å²) in [6.07, 6.45) is -2.07. The zero-order chi connectivity index (χ0) is 15.6. The molecule has 0 bridgehead atoms. The van der Waals surface area contributed by atoms with Crippen molar-refractivity contribution in [2.45, 2.75) is 12.7 Å². The summed E-state index contributed by atoms with van der Waals surface area (Å²) in [5.41, 5.74) is 0.161. The quantitative estimate of drug-likeness (QED) is 0.937. The summed E-state index contributed by atoms with van der Waals surface area (Å²) >= 11 is 0. The van der Waals surface area contributed by atoms with E-state index in [1.807, 2.05) is 0 Å². The lowest BCUT2D eigenvalue weighted by Gasteiger charge is -2.06. The lowest BCUT2D eigenvalue weighted by molar-refractivity contribution is -0.142. The van der Waals surface area contributed by atoms with Crippen LogP contribution in [0.5, 0.6) is 5.75 Å². The first kappa shape index (κ1) is 14.8. The van der Waals surface area contributed by atoms with Gasteiger partial charge in [0.25, 0.3) is 0 Å². The van der Waals surface area contributed by atoms with E-state index >= 15 is 0 Å². The van der Waals surface area contributed by atoms with E-state index in [1.165, 1.54) is 25.4 Å². The number of aromatic carboxylic acids is 1. The topological polar surface area (TPSA) is 77.2 Å². The van der Waals surface area contributed by atoms with E-state index in [1.54, 1.807) is 0 Å². The number of methoxy groups -OCH3 is 1. The smallest absolute Gasteiger partial charge is 0.408 e. The molecule has 2 heterocycles. The number of rotatable bonds is 4. The maximum Gasteiger partial charge on any atom is 0.408 e. The van der Waals surface area contributed by atoms with Gasteiger partial charge in [-0.05, 0) is 0 Å². The third-order valence-corrected chi connectivity index (χ3v) is 2.52. The lowest BCUT2D eigenvalue weighted by Crippen LogP contribution is -2.17. The molecule has 0 aliphatic heterocycles. The minimum atomic E-state index is -4.39. The van der Waals surface area contributed by atoms with Crippen LogP contribution in [-0.4, -0.2) is 39.1 Å². The van der Waals surface area contributed by atoms with Gasteiger partial charge in [0.1, 0.15) is 12.3 Å². The molecule has 0 amide bonds. The van der Waals surface area contributed by atoms with Crippen LogP contribution in [-0.2, 0) is 6.54 Å². The second-order valence-corrected chi connectivity index (χ2v) is 4.12. The molecular formula is C12H10F3N3O3. The molecule has 0 aliphatic carbocycles. The fourth-order valence-electron chi connectivity index (χ4n) is 1.65. The number of ether oxygens (including phenoxy) is 1. The van der Waals surface area contributed by atoms with E-state index in [0.29, 0.717) is 4.68 Å². The Labute approximate surface area is 116 Å². The molecule has 2 aromatic heterocycles. The summed E-state index contributed by atoms with van der Waals surface area (Å²) in [7, 11) is 1.35. The molecule has 0 aliphatic rings. The highest BCUT2D eigenvalue weighted by atomic mass is 19.4. The Bertz CT molecular complexity index is 667. The second-order valence-electron chi connectivity index (χ2n) is 4.12. The number of hydrogen-bond donors (Lipinski definition) is 1. The Morgan fingerprint density at radius 3 is 2.71 bits per heavy atom. The highest BCUT2D eigenvalue weighted by Gasteiger charge is 2.28. The van der Waals surface area contributed by atoms with Crippen molar-refractivity contribution in [3.63, 3.8) is 0 Å². The third-order valence-electron chi connectivity index (χ3n) is 2.52. The minimum Gasteiger partial charge on any atom is -0.497 e. The number of halogens is 3. The molecule has 0 spiro atoms. The van der Waals surface area contributed by atoms with Crippen molar-refractivity contribution in [3.05, 3.63) is 30.2 Å². The van der Waals surface area contributed by atoms with E-state index in [2.05, 4.69) is 10.1 Å². The van der Waals surface area contributed by atoms with Crippen LogP contribution in [0.1, 0.15) is 10.5 Å². The highest BCUT2D eigenvalue weighted by Crippen LogP contribution is 2.24. The first-order valence-electron chi connectivity index (χ1n) is 5.67. The predicted octanol–water partition coefficient (Wildman–Crippen LogP) is 2.21. The summed E-state index contributed by atoms with van der Waals surface area (Å²) in [5.74, 6) is -1.03. The standard InChI is InChI=1S/C12H10F3N3O3/c1-21-8-2-9(17-10(3-8)11(19)20)7-4-16-18(5-7)6-12(13,14)15/h2-5H,6H2,1H3,(H,19,20). The average Bonchev–Trinajstić information content (AvgIpc) is 2.84. The van der Waals surface area contributed by atoms with Gasteiger partial charge in [-0.3, -0.25) is 4.68 Å². The van der Waals surface area contributed by atoms with Gasteiger partial charge in [0.15, 0.2) is 5.69 Å². The zero-order valence-electron chi connectivity index (χ0n) is 10.8. The molecule has 2 aromatic rings. The van der Waals surface area contributed by atoms with E-state index in [9.17, 15) is 18.0 Å². The fourth-order valence-corrected chi connectivity index (χ4v) is 1.65. The predicted molar refractivity (Wildman–Crippen MR) is 65.0 cm³/mol. The molecule has 0 saturated carbocycles. The Hall–Kier alpha value is -2.58. The van der Waals surface area contributed by atoms with Crippen LogP contribution in [0.3, 0.4) is 0 Å². The van der Waals surface area contributed by atoms with Crippen LogP contribution in [0.2, 0.25) is 0 Å². The molecule has 0 fully saturated rings. The SMILES string of the molecule is COc1cc(C(=O)O)nc(-c2cnn(CC(F)(F)F)c2)c1. The molecule has 0 saturated heterocycles. The van der Waals surface area contributed by atoms with Crippen LogP contribution < -0.4 is 4.74 Å². The van der Waals surface area contributed by atoms with Crippen LogP contribution in [0.25, 0.3) is 11.3 Å². The largest absolute Gasteiger partial charge is 0.497 e. The molecule has 2 rings (SSSR count). The first-order chi connectivity index (χ1) is 9.78. The van der Waals surface area contributed by atoms with E-state index in [4.69, 9.17) is 9.84 Å². The Morgan fingerprint density at radius 2 is 2.14 bits per heavy atom. The number of alkyl halides is 3. The normalized spacial score (nSPS) is 11.4. The van der Waals surface area contributed by atoms with Gasteiger partial charge >= 0.3 is 12.1 Å². The Morgan fingerprint density at radius 1 is 1.43 bits per heavy atom. The van der Waals surface area contributed by atoms with Crippen molar-refractivity contribution >= 4 is 5.97 Å². The average molecular weight is 301 g/mol. The van der Waals surface area contributed by atoms with Gasteiger partial charge in [-0.2, -0.15) is 18.3 Å². The van der Waals surface area contributed by atoms with E-state index < -0.39 is 18.7 Å². The summed E-state index contributed by atoms with van der Waals surface area (Å²) in [5, 5.41) is 12.5. The number of aromatic nitrogens is 3. The summed E-state index contributed by atoms with van der Waals surface area (Å²) in [6.45, 7) is -1.23. The molecule has 6 nitrogen and oxygen atoms in total. The number of nitrogens with zero attached hydrogens (tertiary/aromatic N) is 3. The molecule has 9 heteroatoms. The molecule has 0 unspecified atom stereocenters. The van der Waals surface area contributed by atoms with Crippen molar-refractivity contribution in [2.24, 2.45) is 0 Å². The highest BCUT2D eigenvalue weighted by molar-refractivity contribution is 5.86. The molecule has 0 aromatic carbocycles. The number of carbonyl (C=O) groups is 1. The van der Waals surface area contributed by atoms with E-state index in [0.717, 1.165) is 6.20 Å². The maximum absolute atomic E-state index is 12.3. The second kappa shape index (κ2) is 5.43. The maximum atomic E-state index is 12.3. The molecule has 21 heavy (non-hydrogen) atoms. The number of hydrogen-bond acceptors (Lipinski definition) is 4. The summed E-state index contributed by atoms with van der Waals surface area (Å²) < 4.78 is 42.5. The van der Waals surface area contributed by atoms with Gasteiger partial charge in [0.2, 0.25) is 0 Å². The molecule has 0 atom stereocenters. The van der Waals surface area contributed by atoms with Gasteiger partial charge < -0.3 is 9.84 Å². The van der Waals surface area contributed by atoms with Crippen LogP contribution in [0.4, 0.5) is 13.2 Å². The lowest BCUT2D eigenvalue weighted by atomic mass is 10.2.